The average Bonchev–Trinajstić information content (AvgIpc) is 2.52. The highest BCUT2D eigenvalue weighted by Gasteiger charge is 2.02. The van der Waals surface area contributed by atoms with Crippen LogP contribution in [-0.4, -0.2) is 35.1 Å². The molecule has 2 rings (SSSR count). The van der Waals surface area contributed by atoms with Gasteiger partial charge in [-0.15, -0.1) is 0 Å². The SMILES string of the molecule is CN(CCCNc1nccc(C(N)=S)n1)c1ccccc1. The van der Waals surface area contributed by atoms with Crippen molar-refractivity contribution in [3.8, 4) is 0 Å². The van der Waals surface area contributed by atoms with Crippen LogP contribution in [0.1, 0.15) is 12.1 Å². The Hall–Kier alpha value is -2.21. The quantitative estimate of drug-likeness (QED) is 0.603. The molecule has 0 amide bonds. The van der Waals surface area contributed by atoms with E-state index in [4.69, 9.17) is 18.0 Å². The van der Waals surface area contributed by atoms with E-state index >= 15 is 0 Å². The summed E-state index contributed by atoms with van der Waals surface area (Å²) in [7, 11) is 2.08. The van der Waals surface area contributed by atoms with Crippen LogP contribution in [0.15, 0.2) is 42.6 Å². The average molecular weight is 301 g/mol. The zero-order valence-electron chi connectivity index (χ0n) is 12.0. The number of nitrogens with zero attached hydrogens (tertiary/aromatic N) is 3. The normalized spacial score (nSPS) is 10.1. The number of benzene rings is 1. The second-order valence-electron chi connectivity index (χ2n) is 4.67. The van der Waals surface area contributed by atoms with E-state index in [-0.39, 0.29) is 4.99 Å². The maximum absolute atomic E-state index is 5.55. The lowest BCUT2D eigenvalue weighted by molar-refractivity contribution is 0.811. The molecule has 0 aliphatic rings. The standard InChI is InChI=1S/C15H19N5S/c1-20(12-6-3-2-4-7-12)11-5-9-17-15-18-10-8-13(19-15)14(16)21/h2-4,6-8,10H,5,9,11H2,1H3,(H2,16,21)(H,17,18,19). The Labute approximate surface area is 130 Å². The number of aromatic nitrogens is 2. The van der Waals surface area contributed by atoms with Gasteiger partial charge in [0.25, 0.3) is 0 Å². The highest BCUT2D eigenvalue weighted by atomic mass is 32.1. The highest BCUT2D eigenvalue weighted by molar-refractivity contribution is 7.80. The molecule has 0 bridgehead atoms. The smallest absolute Gasteiger partial charge is 0.223 e. The van der Waals surface area contributed by atoms with Crippen molar-refractivity contribution in [2.24, 2.45) is 5.73 Å². The lowest BCUT2D eigenvalue weighted by atomic mass is 10.3. The minimum atomic E-state index is 0.282. The van der Waals surface area contributed by atoms with E-state index in [1.54, 1.807) is 12.3 Å². The number of para-hydroxylation sites is 1. The Morgan fingerprint density at radius 1 is 1.29 bits per heavy atom. The van der Waals surface area contributed by atoms with Gasteiger partial charge in [-0.25, -0.2) is 9.97 Å². The van der Waals surface area contributed by atoms with Crippen LogP contribution < -0.4 is 16.0 Å². The fourth-order valence-electron chi connectivity index (χ4n) is 1.91. The van der Waals surface area contributed by atoms with E-state index in [2.05, 4.69) is 39.4 Å². The minimum absolute atomic E-state index is 0.282. The third-order valence-electron chi connectivity index (χ3n) is 3.06. The predicted octanol–water partition coefficient (Wildman–Crippen LogP) is 2.05. The number of anilines is 2. The molecule has 110 valence electrons. The number of rotatable bonds is 7. The third-order valence-corrected chi connectivity index (χ3v) is 3.27. The second-order valence-corrected chi connectivity index (χ2v) is 5.11. The molecule has 2 aromatic rings. The van der Waals surface area contributed by atoms with Gasteiger partial charge in [-0.3, -0.25) is 0 Å². The summed E-state index contributed by atoms with van der Waals surface area (Å²) in [6, 6.07) is 12.0. The van der Waals surface area contributed by atoms with Crippen molar-refractivity contribution in [3.05, 3.63) is 48.3 Å². The van der Waals surface area contributed by atoms with Gasteiger partial charge in [0.2, 0.25) is 5.95 Å². The number of hydrogen-bond acceptors (Lipinski definition) is 5. The summed E-state index contributed by atoms with van der Waals surface area (Å²) in [6.07, 6.45) is 2.63. The van der Waals surface area contributed by atoms with Crippen LogP contribution in [0, 0.1) is 0 Å². The zero-order valence-corrected chi connectivity index (χ0v) is 12.8. The van der Waals surface area contributed by atoms with Crippen molar-refractivity contribution in [1.82, 2.24) is 9.97 Å². The van der Waals surface area contributed by atoms with Crippen LogP contribution >= 0.6 is 12.2 Å². The van der Waals surface area contributed by atoms with Crippen molar-refractivity contribution in [2.75, 3.05) is 30.4 Å². The molecule has 5 nitrogen and oxygen atoms in total. The molecular weight excluding hydrogens is 282 g/mol. The molecule has 21 heavy (non-hydrogen) atoms. The van der Waals surface area contributed by atoms with Gasteiger partial charge in [-0.05, 0) is 24.6 Å². The number of nitrogens with two attached hydrogens (primary N) is 1. The minimum Gasteiger partial charge on any atom is -0.388 e. The first-order chi connectivity index (χ1) is 10.2. The van der Waals surface area contributed by atoms with Gasteiger partial charge in [-0.1, -0.05) is 30.4 Å². The van der Waals surface area contributed by atoms with Crippen LogP contribution in [-0.2, 0) is 0 Å². The summed E-state index contributed by atoms with van der Waals surface area (Å²) in [6.45, 7) is 1.74. The van der Waals surface area contributed by atoms with Crippen molar-refractivity contribution in [1.29, 1.82) is 0 Å². The molecule has 0 fully saturated rings. The summed E-state index contributed by atoms with van der Waals surface area (Å²) in [5.41, 5.74) is 7.35. The van der Waals surface area contributed by atoms with E-state index in [1.165, 1.54) is 5.69 Å². The first-order valence-corrected chi connectivity index (χ1v) is 7.20. The first kappa shape index (κ1) is 15.2. The van der Waals surface area contributed by atoms with Crippen molar-refractivity contribution >= 4 is 28.8 Å². The maximum atomic E-state index is 5.55. The zero-order chi connectivity index (χ0) is 15.1. The molecule has 1 aromatic carbocycles. The molecule has 6 heteroatoms. The van der Waals surface area contributed by atoms with Gasteiger partial charge in [0, 0.05) is 32.0 Å². The Morgan fingerprint density at radius 3 is 2.76 bits per heavy atom. The molecule has 0 spiro atoms. The molecule has 0 radical (unpaired) electrons. The van der Waals surface area contributed by atoms with Gasteiger partial charge >= 0.3 is 0 Å². The van der Waals surface area contributed by atoms with Crippen LogP contribution in [0.5, 0.6) is 0 Å². The Morgan fingerprint density at radius 2 is 2.05 bits per heavy atom. The first-order valence-electron chi connectivity index (χ1n) is 6.80. The lowest BCUT2D eigenvalue weighted by Crippen LogP contribution is -2.21. The van der Waals surface area contributed by atoms with E-state index in [0.717, 1.165) is 19.5 Å². The van der Waals surface area contributed by atoms with Gasteiger partial charge < -0.3 is 16.0 Å². The summed E-state index contributed by atoms with van der Waals surface area (Å²) < 4.78 is 0. The molecule has 0 atom stereocenters. The molecule has 3 N–H and O–H groups in total. The third kappa shape index (κ3) is 4.68. The van der Waals surface area contributed by atoms with E-state index < -0.39 is 0 Å². The monoisotopic (exact) mass is 301 g/mol. The topological polar surface area (TPSA) is 67.1 Å². The fraction of sp³-hybridized carbons (Fsp3) is 0.267. The molecule has 1 aromatic heterocycles. The van der Waals surface area contributed by atoms with Crippen LogP contribution in [0.2, 0.25) is 0 Å². The summed E-state index contributed by atoms with van der Waals surface area (Å²) in [5.74, 6) is 0.558. The van der Waals surface area contributed by atoms with Crippen molar-refractivity contribution < 1.29 is 0 Å². The Bertz CT molecular complexity index is 588. The van der Waals surface area contributed by atoms with Crippen molar-refractivity contribution in [3.63, 3.8) is 0 Å². The van der Waals surface area contributed by atoms with E-state index in [9.17, 15) is 0 Å². The maximum Gasteiger partial charge on any atom is 0.223 e. The summed E-state index contributed by atoms with van der Waals surface area (Å²) >= 11 is 4.90. The summed E-state index contributed by atoms with van der Waals surface area (Å²) in [5, 5.41) is 3.18. The summed E-state index contributed by atoms with van der Waals surface area (Å²) in [4.78, 5) is 10.9. The molecule has 0 aliphatic carbocycles. The van der Waals surface area contributed by atoms with Gasteiger partial charge in [0.05, 0.1) is 0 Å². The number of hydrogen-bond donors (Lipinski definition) is 2. The Balaban J connectivity index is 1.77. The van der Waals surface area contributed by atoms with Gasteiger partial charge in [-0.2, -0.15) is 0 Å². The van der Waals surface area contributed by atoms with Crippen LogP contribution in [0.4, 0.5) is 11.6 Å². The van der Waals surface area contributed by atoms with Crippen LogP contribution in [0.25, 0.3) is 0 Å². The van der Waals surface area contributed by atoms with Crippen LogP contribution in [0.3, 0.4) is 0 Å². The predicted molar refractivity (Wildman–Crippen MR) is 90.7 cm³/mol. The molecule has 1 heterocycles. The molecule has 0 saturated heterocycles. The second kappa shape index (κ2) is 7.54. The van der Waals surface area contributed by atoms with Gasteiger partial charge in [0.15, 0.2) is 0 Å². The number of nitrogens with one attached hydrogen (secondary N) is 1. The molecule has 0 saturated carbocycles. The van der Waals surface area contributed by atoms with Gasteiger partial charge in [0.1, 0.15) is 10.7 Å². The Kier molecular flexibility index (Phi) is 5.45. The molecular formula is C15H19N5S. The van der Waals surface area contributed by atoms with E-state index in [0.29, 0.717) is 11.6 Å². The lowest BCUT2D eigenvalue weighted by Gasteiger charge is -2.19. The molecule has 0 unspecified atom stereocenters. The van der Waals surface area contributed by atoms with E-state index in [1.807, 2.05) is 18.2 Å². The highest BCUT2D eigenvalue weighted by Crippen LogP contribution is 2.11. The fourth-order valence-corrected chi connectivity index (χ4v) is 2.02. The largest absolute Gasteiger partial charge is 0.388 e. The molecule has 0 aliphatic heterocycles. The number of thiocarbonyl (C=S) groups is 1. The van der Waals surface area contributed by atoms with Crippen molar-refractivity contribution in [2.45, 2.75) is 6.42 Å².